The summed E-state index contributed by atoms with van der Waals surface area (Å²) in [4.78, 5) is 9.22. The minimum absolute atomic E-state index is 0.204. The Hall–Kier alpha value is -0.510. The summed E-state index contributed by atoms with van der Waals surface area (Å²) in [6.07, 6.45) is -5.26. The molecule has 0 unspecified atom stereocenters. The molecule has 0 aromatic heterocycles. The van der Waals surface area contributed by atoms with Gasteiger partial charge in [-0.3, -0.25) is 0 Å². The van der Waals surface area contributed by atoms with E-state index in [0.29, 0.717) is 0 Å². The van der Waals surface area contributed by atoms with Gasteiger partial charge in [-0.2, -0.15) is 0 Å². The van der Waals surface area contributed by atoms with Gasteiger partial charge in [-0.25, -0.2) is 8.78 Å². The molecule has 0 rings (SSSR count). The van der Waals surface area contributed by atoms with Gasteiger partial charge < -0.3 is 9.90 Å². The molecule has 0 aliphatic carbocycles. The molecule has 0 bridgehead atoms. The molecule has 0 aromatic carbocycles. The lowest BCUT2D eigenvalue weighted by molar-refractivity contribution is -0.121. The smallest absolute Gasteiger partial charge is 0.270 e. The lowest BCUT2D eigenvalue weighted by atomic mass is 10.4. The van der Waals surface area contributed by atoms with Crippen LogP contribution in [0.2, 0.25) is 0 Å². The minimum atomic E-state index is -2.95. The van der Waals surface area contributed by atoms with Gasteiger partial charge in [-0.05, 0) is 0 Å². The van der Waals surface area contributed by atoms with Gasteiger partial charge in [0.25, 0.3) is 6.43 Å². The molecule has 4 heteroatoms. The van der Waals surface area contributed by atoms with Crippen molar-refractivity contribution in [3.05, 3.63) is 0 Å². The van der Waals surface area contributed by atoms with Gasteiger partial charge in [0.05, 0.1) is 0 Å². The van der Waals surface area contributed by atoms with Gasteiger partial charge in [0.1, 0.15) is 0 Å². The monoisotopic (exact) mass is 110 g/mol. The number of hydrogen-bond acceptors (Lipinski definition) is 2. The zero-order valence-corrected chi connectivity index (χ0v) is 3.34. The topological polar surface area (TPSA) is 37.3 Å². The summed E-state index contributed by atoms with van der Waals surface area (Å²) in [6.45, 7) is 0. The minimum Gasteiger partial charge on any atom is -0.380 e. The fourth-order valence-corrected chi connectivity index (χ4v) is 0.0594. The zero-order valence-electron chi connectivity index (χ0n) is 3.34. The molecule has 1 atom stereocenters. The third kappa shape index (κ3) is 2.22. The highest BCUT2D eigenvalue weighted by Crippen LogP contribution is 1.95. The highest BCUT2D eigenvalue weighted by atomic mass is 19.3. The first-order valence-corrected chi connectivity index (χ1v) is 1.60. The molecule has 42 valence electrons. The van der Waals surface area contributed by atoms with E-state index < -0.39 is 12.5 Å². The van der Waals surface area contributed by atoms with Crippen LogP contribution in [0, 0.1) is 0 Å². The Labute approximate surface area is 38.8 Å². The van der Waals surface area contributed by atoms with E-state index in [9.17, 15) is 13.6 Å². The summed E-state index contributed by atoms with van der Waals surface area (Å²) in [7, 11) is 0. The van der Waals surface area contributed by atoms with Gasteiger partial charge in [0, 0.05) is 0 Å². The summed E-state index contributed by atoms with van der Waals surface area (Å²) in [5.74, 6) is 0. The third-order valence-corrected chi connectivity index (χ3v) is 0.398. The predicted octanol–water partition coefficient (Wildman–Crippen LogP) is -0.189. The Kier molecular flexibility index (Phi) is 2.44. The first-order valence-electron chi connectivity index (χ1n) is 1.60. The van der Waals surface area contributed by atoms with Gasteiger partial charge in [0.15, 0.2) is 12.4 Å². The van der Waals surface area contributed by atoms with Crippen LogP contribution in [0.25, 0.3) is 0 Å². The highest BCUT2D eigenvalue weighted by Gasteiger charge is 2.13. The maximum atomic E-state index is 10.9. The van der Waals surface area contributed by atoms with Crippen LogP contribution in [-0.4, -0.2) is 23.9 Å². The van der Waals surface area contributed by atoms with Crippen molar-refractivity contribution in [2.24, 2.45) is 0 Å². The van der Waals surface area contributed by atoms with Crippen LogP contribution in [0.3, 0.4) is 0 Å². The molecule has 7 heavy (non-hydrogen) atoms. The lowest BCUT2D eigenvalue weighted by Crippen LogP contribution is -2.17. The average Bonchev–Trinajstić information content (AvgIpc) is 1.65. The Morgan fingerprint density at radius 2 is 2.00 bits per heavy atom. The Bertz CT molecular complexity index is 64.0. The van der Waals surface area contributed by atoms with Gasteiger partial charge in [0.2, 0.25) is 0 Å². The van der Waals surface area contributed by atoms with E-state index in [4.69, 9.17) is 5.11 Å². The molecule has 0 heterocycles. The van der Waals surface area contributed by atoms with Crippen LogP contribution in [0.15, 0.2) is 0 Å². The molecular formula is C3H4F2O2. The number of aldehydes is 1. The maximum Gasteiger partial charge on any atom is 0.270 e. The number of aliphatic hydroxyl groups is 1. The highest BCUT2D eigenvalue weighted by molar-refractivity contribution is 5.55. The number of carbonyl (C=O) groups is 1. The van der Waals surface area contributed by atoms with Gasteiger partial charge in [-0.15, -0.1) is 0 Å². The van der Waals surface area contributed by atoms with Crippen molar-refractivity contribution >= 4 is 6.29 Å². The second-order valence-corrected chi connectivity index (χ2v) is 0.961. The molecular weight excluding hydrogens is 106 g/mol. The molecule has 0 amide bonds. The van der Waals surface area contributed by atoms with Crippen molar-refractivity contribution < 1.29 is 18.7 Å². The largest absolute Gasteiger partial charge is 0.380 e. The van der Waals surface area contributed by atoms with E-state index in [0.717, 1.165) is 0 Å². The quantitative estimate of drug-likeness (QED) is 0.500. The number of alkyl halides is 2. The summed E-state index contributed by atoms with van der Waals surface area (Å²) >= 11 is 0. The summed E-state index contributed by atoms with van der Waals surface area (Å²) in [5.41, 5.74) is 0. The summed E-state index contributed by atoms with van der Waals surface area (Å²) < 4.78 is 21.9. The van der Waals surface area contributed by atoms with Crippen molar-refractivity contribution in [2.75, 3.05) is 0 Å². The number of hydrogen-bond donors (Lipinski definition) is 1. The molecule has 0 spiro atoms. The van der Waals surface area contributed by atoms with Gasteiger partial charge >= 0.3 is 0 Å². The number of aliphatic hydroxyl groups excluding tert-OH is 1. The van der Waals surface area contributed by atoms with Crippen molar-refractivity contribution in [3.63, 3.8) is 0 Å². The van der Waals surface area contributed by atoms with E-state index in [-0.39, 0.29) is 6.29 Å². The van der Waals surface area contributed by atoms with Crippen LogP contribution in [-0.2, 0) is 4.79 Å². The predicted molar refractivity (Wildman–Crippen MR) is 18.1 cm³/mol. The molecule has 0 aliphatic rings. The lowest BCUT2D eigenvalue weighted by Gasteiger charge is -1.95. The number of rotatable bonds is 2. The second-order valence-electron chi connectivity index (χ2n) is 0.961. The van der Waals surface area contributed by atoms with E-state index in [2.05, 4.69) is 0 Å². The van der Waals surface area contributed by atoms with E-state index in [1.807, 2.05) is 0 Å². The molecule has 2 nitrogen and oxygen atoms in total. The van der Waals surface area contributed by atoms with Crippen molar-refractivity contribution in [3.8, 4) is 0 Å². The number of carbonyl (C=O) groups excluding carboxylic acids is 1. The van der Waals surface area contributed by atoms with E-state index in [1.54, 1.807) is 0 Å². The van der Waals surface area contributed by atoms with Gasteiger partial charge in [-0.1, -0.05) is 0 Å². The van der Waals surface area contributed by atoms with Crippen LogP contribution >= 0.6 is 0 Å². The summed E-state index contributed by atoms with van der Waals surface area (Å²) in [6, 6.07) is 0. The molecule has 0 fully saturated rings. The fraction of sp³-hybridized carbons (Fsp3) is 0.667. The van der Waals surface area contributed by atoms with Crippen LogP contribution < -0.4 is 0 Å². The molecule has 0 aliphatic heterocycles. The third-order valence-electron chi connectivity index (χ3n) is 0.398. The maximum absolute atomic E-state index is 10.9. The van der Waals surface area contributed by atoms with Crippen LogP contribution in [0.1, 0.15) is 0 Å². The average molecular weight is 110 g/mol. The SMILES string of the molecule is O=C[C@@H](O)C(F)F. The zero-order chi connectivity index (χ0) is 5.86. The Morgan fingerprint density at radius 1 is 1.57 bits per heavy atom. The fourth-order valence-electron chi connectivity index (χ4n) is 0.0594. The molecule has 1 N–H and O–H groups in total. The van der Waals surface area contributed by atoms with Crippen molar-refractivity contribution in [1.82, 2.24) is 0 Å². The second kappa shape index (κ2) is 2.63. The normalized spacial score (nSPS) is 14.3. The first-order chi connectivity index (χ1) is 3.18. The molecule has 0 radical (unpaired) electrons. The molecule has 0 saturated heterocycles. The van der Waals surface area contributed by atoms with E-state index in [1.165, 1.54) is 0 Å². The standard InChI is InChI=1S/C3H4F2O2/c4-3(5)2(7)1-6/h1-3,7H/t2-/m1/s1. The van der Waals surface area contributed by atoms with Crippen molar-refractivity contribution in [2.45, 2.75) is 12.5 Å². The Balaban J connectivity index is 3.33. The van der Waals surface area contributed by atoms with Crippen molar-refractivity contribution in [1.29, 1.82) is 0 Å². The summed E-state index contributed by atoms with van der Waals surface area (Å²) in [5, 5.41) is 7.82. The number of halogens is 2. The molecule has 0 saturated carbocycles. The van der Waals surface area contributed by atoms with Crippen LogP contribution in [0.5, 0.6) is 0 Å². The van der Waals surface area contributed by atoms with Crippen LogP contribution in [0.4, 0.5) is 8.78 Å². The molecule has 0 aromatic rings. The Morgan fingerprint density at radius 3 is 2.00 bits per heavy atom. The van der Waals surface area contributed by atoms with E-state index >= 15 is 0 Å². The first kappa shape index (κ1) is 6.49.